The van der Waals surface area contributed by atoms with Gasteiger partial charge in [0.15, 0.2) is 0 Å². The average molecular weight is 942 g/mol. The highest BCUT2D eigenvalue weighted by molar-refractivity contribution is 6.26. The van der Waals surface area contributed by atoms with E-state index in [2.05, 4.69) is 254 Å². The summed E-state index contributed by atoms with van der Waals surface area (Å²) in [6.45, 7) is 0. The second kappa shape index (κ2) is 15.9. The Morgan fingerprint density at radius 3 is 1.41 bits per heavy atom. The molecule has 74 heavy (non-hydrogen) atoms. The van der Waals surface area contributed by atoms with E-state index in [0.29, 0.717) is 0 Å². The second-order valence-corrected chi connectivity index (χ2v) is 21.3. The molecule has 1 heteroatoms. The van der Waals surface area contributed by atoms with E-state index in [0.717, 1.165) is 11.4 Å². The highest BCUT2D eigenvalue weighted by atomic mass is 15.1. The van der Waals surface area contributed by atoms with Crippen molar-refractivity contribution < 1.29 is 0 Å². The molecule has 0 unspecified atom stereocenters. The second-order valence-electron chi connectivity index (χ2n) is 21.3. The Kier molecular flexibility index (Phi) is 8.96. The predicted octanol–water partition coefficient (Wildman–Crippen LogP) is 19.5. The lowest BCUT2D eigenvalue weighted by Gasteiger charge is -2.36. The smallest absolute Gasteiger partial charge is 0.0726 e. The summed E-state index contributed by atoms with van der Waals surface area (Å²) in [5.41, 5.74) is 24.2. The zero-order chi connectivity index (χ0) is 48.5. The third-order valence-corrected chi connectivity index (χ3v) is 17.8. The van der Waals surface area contributed by atoms with Crippen LogP contribution in [0.4, 0.5) is 17.1 Å². The van der Waals surface area contributed by atoms with Crippen LogP contribution in [0.5, 0.6) is 0 Å². The van der Waals surface area contributed by atoms with E-state index >= 15 is 0 Å². The lowest BCUT2D eigenvalue weighted by molar-refractivity contribution is 0.353. The van der Waals surface area contributed by atoms with Gasteiger partial charge in [-0.25, -0.2) is 0 Å². The van der Waals surface area contributed by atoms with Crippen LogP contribution in [-0.4, -0.2) is 0 Å². The van der Waals surface area contributed by atoms with Crippen molar-refractivity contribution in [2.75, 3.05) is 4.90 Å². The van der Waals surface area contributed by atoms with E-state index < -0.39 is 5.41 Å². The Bertz CT molecular complexity index is 4220. The molecule has 2 spiro atoms. The molecule has 0 aliphatic heterocycles. The van der Waals surface area contributed by atoms with Crippen molar-refractivity contribution in [3.8, 4) is 55.6 Å². The Labute approximate surface area is 432 Å². The van der Waals surface area contributed by atoms with Gasteiger partial charge in [0.25, 0.3) is 0 Å². The van der Waals surface area contributed by atoms with Crippen LogP contribution in [0.25, 0.3) is 88.0 Å². The molecular weight excluding hydrogens is 891 g/mol. The van der Waals surface area contributed by atoms with Crippen LogP contribution in [0.2, 0.25) is 0 Å². The van der Waals surface area contributed by atoms with E-state index in [4.69, 9.17) is 0 Å². The number of rotatable bonds is 5. The molecule has 0 atom stereocenters. The summed E-state index contributed by atoms with van der Waals surface area (Å²) in [4.78, 5) is 2.60. The van der Waals surface area contributed by atoms with Gasteiger partial charge in [0, 0.05) is 22.4 Å². The van der Waals surface area contributed by atoms with Crippen LogP contribution in [0, 0.1) is 0 Å². The van der Waals surface area contributed by atoms with E-state index in [-0.39, 0.29) is 5.41 Å². The van der Waals surface area contributed by atoms with Gasteiger partial charge < -0.3 is 4.90 Å². The lowest BCUT2D eigenvalue weighted by Crippen LogP contribution is -2.28. The largest absolute Gasteiger partial charge is 0.310 e. The number of hydrogen-bond acceptors (Lipinski definition) is 1. The molecule has 16 rings (SSSR count). The molecule has 1 saturated carbocycles. The molecule has 0 saturated heterocycles. The van der Waals surface area contributed by atoms with E-state index in [9.17, 15) is 0 Å². The standard InChI is InChI=1S/C73H51N/c1-3-20-47(21-4-1)48-22-19-23-50(42-48)74(51-37-39-56-54-26-6-5-24-52(54)53-25-7-8-27-55(53)63(56)44-51)71-46-70-64(60-31-12-16-35-68(60)73(70)66-33-14-10-29-58(66)59-30-11-15-34-67(59)73)45-62(71)49-36-38-61-57-28-9-13-32-65(57)72(69(61)43-49)40-17-2-18-41-72/h1,3-16,19-39,42-46H,2,17-18,40-41H2. The predicted molar refractivity (Wildman–Crippen MR) is 310 cm³/mol. The summed E-state index contributed by atoms with van der Waals surface area (Å²) in [7, 11) is 0. The topological polar surface area (TPSA) is 3.24 Å². The van der Waals surface area contributed by atoms with Gasteiger partial charge in [-0.15, -0.1) is 0 Å². The summed E-state index contributed by atoms with van der Waals surface area (Å²) in [6.07, 6.45) is 6.17. The molecular formula is C73H51N. The third-order valence-electron chi connectivity index (χ3n) is 17.8. The van der Waals surface area contributed by atoms with Gasteiger partial charge in [-0.1, -0.05) is 226 Å². The molecule has 1 fully saturated rings. The number of benzene rings is 12. The highest BCUT2D eigenvalue weighted by Crippen LogP contribution is 2.65. The fourth-order valence-electron chi connectivity index (χ4n) is 14.8. The quantitative estimate of drug-likeness (QED) is 0.155. The van der Waals surface area contributed by atoms with Crippen molar-refractivity contribution in [2.45, 2.75) is 42.9 Å². The molecule has 0 aromatic heterocycles. The fraction of sp³-hybridized carbons (Fsp3) is 0.0959. The van der Waals surface area contributed by atoms with E-state index in [1.54, 1.807) is 0 Å². The first-order valence-electron chi connectivity index (χ1n) is 26.7. The minimum Gasteiger partial charge on any atom is -0.310 e. The molecule has 0 heterocycles. The van der Waals surface area contributed by atoms with Crippen LogP contribution in [0.3, 0.4) is 0 Å². The first kappa shape index (κ1) is 41.8. The minimum absolute atomic E-state index is 0.0108. The molecule has 0 N–H and O–H groups in total. The summed E-state index contributed by atoms with van der Waals surface area (Å²) < 4.78 is 0. The van der Waals surface area contributed by atoms with Crippen molar-refractivity contribution >= 4 is 49.4 Å². The zero-order valence-electron chi connectivity index (χ0n) is 41.2. The first-order valence-corrected chi connectivity index (χ1v) is 26.7. The molecule has 4 aliphatic rings. The van der Waals surface area contributed by atoms with Crippen LogP contribution < -0.4 is 4.90 Å². The summed E-state index contributed by atoms with van der Waals surface area (Å²) in [6, 6.07) is 95.1. The molecule has 348 valence electrons. The van der Waals surface area contributed by atoms with Crippen LogP contribution in [-0.2, 0) is 10.8 Å². The van der Waals surface area contributed by atoms with Crippen molar-refractivity contribution in [3.05, 3.63) is 282 Å². The van der Waals surface area contributed by atoms with Crippen LogP contribution >= 0.6 is 0 Å². The maximum Gasteiger partial charge on any atom is 0.0726 e. The maximum atomic E-state index is 2.63. The van der Waals surface area contributed by atoms with Crippen molar-refractivity contribution in [1.29, 1.82) is 0 Å². The van der Waals surface area contributed by atoms with Crippen molar-refractivity contribution in [3.63, 3.8) is 0 Å². The Balaban J connectivity index is 1.04. The van der Waals surface area contributed by atoms with Crippen molar-refractivity contribution in [2.24, 2.45) is 0 Å². The Morgan fingerprint density at radius 1 is 0.257 bits per heavy atom. The van der Waals surface area contributed by atoms with E-state index in [1.165, 1.54) is 159 Å². The van der Waals surface area contributed by atoms with Gasteiger partial charge in [-0.05, 0) is 171 Å². The monoisotopic (exact) mass is 941 g/mol. The fourth-order valence-corrected chi connectivity index (χ4v) is 14.8. The van der Waals surface area contributed by atoms with Gasteiger partial charge in [-0.3, -0.25) is 0 Å². The maximum absolute atomic E-state index is 2.63. The third kappa shape index (κ3) is 5.70. The highest BCUT2D eigenvalue weighted by Gasteiger charge is 2.52. The number of anilines is 3. The average Bonchev–Trinajstić information content (AvgIpc) is 4.11. The zero-order valence-corrected chi connectivity index (χ0v) is 41.2. The molecule has 12 aromatic carbocycles. The van der Waals surface area contributed by atoms with E-state index in [1.807, 2.05) is 0 Å². The molecule has 0 amide bonds. The van der Waals surface area contributed by atoms with Gasteiger partial charge in [-0.2, -0.15) is 0 Å². The first-order chi connectivity index (χ1) is 36.7. The summed E-state index contributed by atoms with van der Waals surface area (Å²) in [5.74, 6) is 0. The molecule has 0 bridgehead atoms. The molecule has 12 aromatic rings. The van der Waals surface area contributed by atoms with Gasteiger partial charge in [0.2, 0.25) is 0 Å². The number of nitrogens with zero attached hydrogens (tertiary/aromatic N) is 1. The molecule has 1 nitrogen and oxygen atoms in total. The number of fused-ring (bicyclic) bond motifs is 21. The number of hydrogen-bond donors (Lipinski definition) is 0. The van der Waals surface area contributed by atoms with Gasteiger partial charge in [0.05, 0.1) is 11.1 Å². The lowest BCUT2D eigenvalue weighted by atomic mass is 9.67. The van der Waals surface area contributed by atoms with Crippen molar-refractivity contribution in [1.82, 2.24) is 0 Å². The molecule has 0 radical (unpaired) electrons. The molecule has 4 aliphatic carbocycles. The Hall–Kier alpha value is -8.78. The van der Waals surface area contributed by atoms with Gasteiger partial charge >= 0.3 is 0 Å². The van der Waals surface area contributed by atoms with Crippen LogP contribution in [0.1, 0.15) is 65.5 Å². The summed E-state index contributed by atoms with van der Waals surface area (Å²) in [5, 5.41) is 7.61. The minimum atomic E-state index is -0.520. The Morgan fingerprint density at radius 2 is 0.757 bits per heavy atom. The van der Waals surface area contributed by atoms with Gasteiger partial charge in [0.1, 0.15) is 0 Å². The SMILES string of the molecule is c1ccc(-c2cccc(N(c3ccc4c5ccccc5c5ccccc5c4c3)c3cc4c(cc3-c3ccc5c(c3)C3(CCCCC3)c3ccccc3-5)-c3ccccc3C43c4ccccc4-c4ccccc43)c2)cc1. The normalized spacial score (nSPS) is 15.0. The van der Waals surface area contributed by atoms with Crippen LogP contribution in [0.15, 0.2) is 249 Å². The summed E-state index contributed by atoms with van der Waals surface area (Å²) >= 11 is 0.